The molecule has 82 valence electrons. The Morgan fingerprint density at radius 3 is 2.47 bits per heavy atom. The summed E-state index contributed by atoms with van der Waals surface area (Å²) in [6.45, 7) is 0. The summed E-state index contributed by atoms with van der Waals surface area (Å²) in [5.41, 5.74) is 13.1. The standard InChI is InChI=1S/C11H16N2O2/c12-9-3-1-8(2-4-9)7-10(13)5-6-11(14)15/h1-4,10H,5-7,12-13H2,(H,14,15). The fourth-order valence-corrected chi connectivity index (χ4v) is 1.37. The molecule has 0 saturated heterocycles. The van der Waals surface area contributed by atoms with Gasteiger partial charge in [-0.05, 0) is 30.5 Å². The summed E-state index contributed by atoms with van der Waals surface area (Å²) in [4.78, 5) is 10.3. The monoisotopic (exact) mass is 208 g/mol. The van der Waals surface area contributed by atoms with Crippen molar-refractivity contribution in [2.24, 2.45) is 5.73 Å². The van der Waals surface area contributed by atoms with Crippen LogP contribution in [0.3, 0.4) is 0 Å². The SMILES string of the molecule is Nc1ccc(CC(N)CCC(=O)O)cc1. The number of carboxylic acids is 1. The molecule has 0 aromatic heterocycles. The number of nitrogens with two attached hydrogens (primary N) is 2. The summed E-state index contributed by atoms with van der Waals surface area (Å²) in [5, 5.41) is 8.49. The molecule has 0 fully saturated rings. The van der Waals surface area contributed by atoms with Crippen LogP contribution in [-0.2, 0) is 11.2 Å². The third-order valence-electron chi connectivity index (χ3n) is 2.21. The Bertz CT molecular complexity index is 322. The Balaban J connectivity index is 2.40. The predicted molar refractivity (Wildman–Crippen MR) is 59.4 cm³/mol. The number of aliphatic carboxylic acids is 1. The minimum atomic E-state index is -0.803. The quantitative estimate of drug-likeness (QED) is 0.630. The highest BCUT2D eigenvalue weighted by molar-refractivity contribution is 5.66. The topological polar surface area (TPSA) is 89.3 Å². The van der Waals surface area contributed by atoms with Gasteiger partial charge in [-0.2, -0.15) is 0 Å². The summed E-state index contributed by atoms with van der Waals surface area (Å²) in [6.07, 6.45) is 1.31. The van der Waals surface area contributed by atoms with Crippen LogP contribution in [0.15, 0.2) is 24.3 Å². The van der Waals surface area contributed by atoms with E-state index in [9.17, 15) is 4.79 Å². The molecule has 0 aliphatic heterocycles. The van der Waals surface area contributed by atoms with Crippen LogP contribution in [0.2, 0.25) is 0 Å². The normalized spacial score (nSPS) is 12.3. The molecule has 5 N–H and O–H groups in total. The number of carboxylic acid groups (broad SMARTS) is 1. The first kappa shape index (κ1) is 11.5. The van der Waals surface area contributed by atoms with Crippen molar-refractivity contribution in [2.75, 3.05) is 5.73 Å². The van der Waals surface area contributed by atoms with Crippen molar-refractivity contribution in [2.45, 2.75) is 25.3 Å². The van der Waals surface area contributed by atoms with E-state index in [2.05, 4.69) is 0 Å². The van der Waals surface area contributed by atoms with Gasteiger partial charge in [0.2, 0.25) is 0 Å². The second-order valence-corrected chi connectivity index (χ2v) is 3.64. The van der Waals surface area contributed by atoms with Gasteiger partial charge in [-0.25, -0.2) is 0 Å². The molecule has 0 aliphatic rings. The number of hydrogen-bond donors (Lipinski definition) is 3. The van der Waals surface area contributed by atoms with E-state index in [-0.39, 0.29) is 12.5 Å². The number of benzene rings is 1. The molecule has 1 aromatic rings. The van der Waals surface area contributed by atoms with Crippen molar-refractivity contribution in [3.8, 4) is 0 Å². The minimum absolute atomic E-state index is 0.107. The average molecular weight is 208 g/mol. The molecule has 15 heavy (non-hydrogen) atoms. The Morgan fingerprint density at radius 2 is 1.93 bits per heavy atom. The molecule has 4 heteroatoms. The van der Waals surface area contributed by atoms with E-state index in [1.807, 2.05) is 24.3 Å². The third kappa shape index (κ3) is 4.46. The summed E-state index contributed by atoms with van der Waals surface area (Å²) in [5.74, 6) is -0.803. The van der Waals surface area contributed by atoms with Crippen molar-refractivity contribution < 1.29 is 9.90 Å². The molecule has 1 aromatic carbocycles. The van der Waals surface area contributed by atoms with Crippen LogP contribution < -0.4 is 11.5 Å². The number of hydrogen-bond acceptors (Lipinski definition) is 3. The van der Waals surface area contributed by atoms with Crippen LogP contribution in [0.25, 0.3) is 0 Å². The highest BCUT2D eigenvalue weighted by Gasteiger charge is 2.06. The van der Waals surface area contributed by atoms with E-state index in [0.717, 1.165) is 11.3 Å². The molecule has 1 atom stereocenters. The second kappa shape index (κ2) is 5.36. The van der Waals surface area contributed by atoms with Crippen LogP contribution in [-0.4, -0.2) is 17.1 Å². The lowest BCUT2D eigenvalue weighted by Gasteiger charge is -2.10. The predicted octanol–water partition coefficient (Wildman–Crippen LogP) is 1.00. The van der Waals surface area contributed by atoms with E-state index < -0.39 is 5.97 Å². The van der Waals surface area contributed by atoms with Gasteiger partial charge in [-0.15, -0.1) is 0 Å². The summed E-state index contributed by atoms with van der Waals surface area (Å²) in [6, 6.07) is 7.36. The molecular formula is C11H16N2O2. The van der Waals surface area contributed by atoms with E-state index in [4.69, 9.17) is 16.6 Å². The van der Waals surface area contributed by atoms with Gasteiger partial charge in [0, 0.05) is 18.2 Å². The van der Waals surface area contributed by atoms with Crippen molar-refractivity contribution in [3.05, 3.63) is 29.8 Å². The fraction of sp³-hybridized carbons (Fsp3) is 0.364. The molecular weight excluding hydrogens is 192 g/mol. The average Bonchev–Trinajstić information content (AvgIpc) is 2.19. The maximum absolute atomic E-state index is 10.3. The maximum Gasteiger partial charge on any atom is 0.303 e. The van der Waals surface area contributed by atoms with E-state index in [1.165, 1.54) is 0 Å². The lowest BCUT2D eigenvalue weighted by molar-refractivity contribution is -0.137. The van der Waals surface area contributed by atoms with Crippen molar-refractivity contribution in [1.29, 1.82) is 0 Å². The number of nitrogen functional groups attached to an aromatic ring is 1. The lowest BCUT2D eigenvalue weighted by Crippen LogP contribution is -2.23. The summed E-state index contributed by atoms with van der Waals surface area (Å²) >= 11 is 0. The van der Waals surface area contributed by atoms with Gasteiger partial charge in [-0.1, -0.05) is 12.1 Å². The molecule has 0 heterocycles. The molecule has 1 unspecified atom stereocenters. The fourth-order valence-electron chi connectivity index (χ4n) is 1.37. The third-order valence-corrected chi connectivity index (χ3v) is 2.21. The van der Waals surface area contributed by atoms with Crippen LogP contribution in [0, 0.1) is 0 Å². The highest BCUT2D eigenvalue weighted by atomic mass is 16.4. The van der Waals surface area contributed by atoms with Gasteiger partial charge in [0.15, 0.2) is 0 Å². The Morgan fingerprint density at radius 1 is 1.33 bits per heavy atom. The minimum Gasteiger partial charge on any atom is -0.481 e. The molecule has 1 rings (SSSR count). The van der Waals surface area contributed by atoms with Crippen LogP contribution in [0.1, 0.15) is 18.4 Å². The zero-order valence-electron chi connectivity index (χ0n) is 8.52. The highest BCUT2D eigenvalue weighted by Crippen LogP contribution is 2.09. The largest absolute Gasteiger partial charge is 0.481 e. The lowest BCUT2D eigenvalue weighted by atomic mass is 10.0. The Hall–Kier alpha value is -1.55. The molecule has 0 bridgehead atoms. The molecule has 0 spiro atoms. The van der Waals surface area contributed by atoms with Gasteiger partial charge in [-0.3, -0.25) is 4.79 Å². The maximum atomic E-state index is 10.3. The Labute approximate surface area is 88.9 Å². The van der Waals surface area contributed by atoms with Crippen LogP contribution >= 0.6 is 0 Å². The summed E-state index contributed by atoms with van der Waals surface area (Å²) in [7, 11) is 0. The van der Waals surface area contributed by atoms with Gasteiger partial charge < -0.3 is 16.6 Å². The first-order chi connectivity index (χ1) is 7.08. The molecule has 0 aliphatic carbocycles. The molecule has 0 amide bonds. The van der Waals surface area contributed by atoms with Gasteiger partial charge in [0.05, 0.1) is 0 Å². The first-order valence-electron chi connectivity index (χ1n) is 4.89. The second-order valence-electron chi connectivity index (χ2n) is 3.64. The molecule has 0 saturated carbocycles. The van der Waals surface area contributed by atoms with Crippen molar-refractivity contribution in [1.82, 2.24) is 0 Å². The van der Waals surface area contributed by atoms with Crippen LogP contribution in [0.4, 0.5) is 5.69 Å². The number of carbonyl (C=O) groups is 1. The van der Waals surface area contributed by atoms with Gasteiger partial charge in [0.25, 0.3) is 0 Å². The summed E-state index contributed by atoms with van der Waals surface area (Å²) < 4.78 is 0. The molecule has 0 radical (unpaired) electrons. The van der Waals surface area contributed by atoms with Crippen molar-refractivity contribution >= 4 is 11.7 Å². The molecule has 4 nitrogen and oxygen atoms in total. The zero-order chi connectivity index (χ0) is 11.3. The van der Waals surface area contributed by atoms with E-state index in [0.29, 0.717) is 12.8 Å². The Kier molecular flexibility index (Phi) is 4.12. The number of rotatable bonds is 5. The van der Waals surface area contributed by atoms with Gasteiger partial charge >= 0.3 is 5.97 Å². The van der Waals surface area contributed by atoms with Crippen LogP contribution in [0.5, 0.6) is 0 Å². The van der Waals surface area contributed by atoms with E-state index >= 15 is 0 Å². The van der Waals surface area contributed by atoms with E-state index in [1.54, 1.807) is 0 Å². The first-order valence-corrected chi connectivity index (χ1v) is 4.89. The smallest absolute Gasteiger partial charge is 0.303 e. The number of anilines is 1. The zero-order valence-corrected chi connectivity index (χ0v) is 8.52. The van der Waals surface area contributed by atoms with Crippen molar-refractivity contribution in [3.63, 3.8) is 0 Å². The van der Waals surface area contributed by atoms with Gasteiger partial charge in [0.1, 0.15) is 0 Å².